The first-order chi connectivity index (χ1) is 10.2. The molecule has 3 aliphatic rings. The second kappa shape index (κ2) is 6.32. The number of ether oxygens (including phenoxy) is 1. The maximum Gasteiger partial charge on any atom is 0.251 e. The Bertz CT molecular complexity index is 403. The maximum absolute atomic E-state index is 12.4. The van der Waals surface area contributed by atoms with Gasteiger partial charge in [0.15, 0.2) is 0 Å². The van der Waals surface area contributed by atoms with Crippen LogP contribution in [0.3, 0.4) is 0 Å². The van der Waals surface area contributed by atoms with Gasteiger partial charge in [-0.1, -0.05) is 0 Å². The lowest BCUT2D eigenvalue weighted by Gasteiger charge is -2.33. The summed E-state index contributed by atoms with van der Waals surface area (Å²) in [6.45, 7) is 1.91. The highest BCUT2D eigenvalue weighted by molar-refractivity contribution is 5.82. The molecule has 3 rings (SSSR count). The molecule has 0 radical (unpaired) electrons. The van der Waals surface area contributed by atoms with Crippen molar-refractivity contribution in [3.8, 4) is 0 Å². The van der Waals surface area contributed by atoms with Crippen molar-refractivity contribution < 1.29 is 14.3 Å². The Morgan fingerprint density at radius 1 is 1.10 bits per heavy atom. The molecular weight excluding hydrogens is 270 g/mol. The number of likely N-dealkylation sites (tertiary alicyclic amines) is 1. The van der Waals surface area contributed by atoms with Crippen LogP contribution in [0.2, 0.25) is 0 Å². The van der Waals surface area contributed by atoms with E-state index >= 15 is 0 Å². The highest BCUT2D eigenvalue weighted by atomic mass is 16.5. The molecule has 2 heterocycles. The van der Waals surface area contributed by atoms with Gasteiger partial charge < -0.3 is 20.7 Å². The zero-order valence-electron chi connectivity index (χ0n) is 12.4. The number of hydrogen-bond donors (Lipinski definition) is 2. The molecular formula is C15H25N3O3. The predicted molar refractivity (Wildman–Crippen MR) is 77.4 cm³/mol. The Kier molecular flexibility index (Phi) is 4.45. The quantitative estimate of drug-likeness (QED) is 0.765. The van der Waals surface area contributed by atoms with Crippen LogP contribution in [0, 0.1) is 5.92 Å². The second-order valence-electron chi connectivity index (χ2n) is 6.44. The molecule has 2 amide bonds. The summed E-state index contributed by atoms with van der Waals surface area (Å²) in [6, 6.07) is 0.225. The van der Waals surface area contributed by atoms with E-state index in [-0.39, 0.29) is 36.0 Å². The van der Waals surface area contributed by atoms with Crippen molar-refractivity contribution in [2.45, 2.75) is 56.8 Å². The number of rotatable bonds is 4. The van der Waals surface area contributed by atoms with Crippen LogP contribution in [0.5, 0.6) is 0 Å². The summed E-state index contributed by atoms with van der Waals surface area (Å²) in [5.74, 6) is 0.548. The van der Waals surface area contributed by atoms with Crippen LogP contribution < -0.4 is 11.1 Å². The number of nitrogens with two attached hydrogens (primary N) is 1. The fourth-order valence-electron chi connectivity index (χ4n) is 3.17. The Balaban J connectivity index is 1.42. The molecule has 21 heavy (non-hydrogen) atoms. The van der Waals surface area contributed by atoms with Gasteiger partial charge in [0.1, 0.15) is 6.10 Å². The minimum atomic E-state index is -0.309. The number of amides is 2. The van der Waals surface area contributed by atoms with Gasteiger partial charge >= 0.3 is 0 Å². The maximum atomic E-state index is 12.4. The average molecular weight is 295 g/mol. The lowest BCUT2D eigenvalue weighted by Crippen LogP contribution is -2.49. The first-order valence-electron chi connectivity index (χ1n) is 8.12. The summed E-state index contributed by atoms with van der Waals surface area (Å²) >= 11 is 0. The highest BCUT2D eigenvalue weighted by Crippen LogP contribution is 2.29. The molecule has 0 aromatic carbocycles. The summed E-state index contributed by atoms with van der Waals surface area (Å²) in [5.41, 5.74) is 5.58. The molecule has 2 saturated heterocycles. The first-order valence-corrected chi connectivity index (χ1v) is 8.12. The van der Waals surface area contributed by atoms with Gasteiger partial charge in [0.25, 0.3) is 5.91 Å². The standard InChI is InChI=1S/C15H25N3O3/c16-9-12-3-4-13(21-12)15(20)18-7-5-11(6-8-18)17-14(19)10-1-2-10/h10-13H,1-9,16H2,(H,17,19). The molecule has 0 spiro atoms. The molecule has 0 aromatic rings. The van der Waals surface area contributed by atoms with Gasteiger partial charge in [0.2, 0.25) is 5.91 Å². The molecule has 3 fully saturated rings. The molecule has 6 nitrogen and oxygen atoms in total. The van der Waals surface area contributed by atoms with Gasteiger partial charge in [0.05, 0.1) is 6.10 Å². The smallest absolute Gasteiger partial charge is 0.251 e. The molecule has 0 bridgehead atoms. The van der Waals surface area contributed by atoms with Crippen molar-refractivity contribution in [1.29, 1.82) is 0 Å². The molecule has 118 valence electrons. The summed E-state index contributed by atoms with van der Waals surface area (Å²) in [6.07, 6.45) is 5.13. The van der Waals surface area contributed by atoms with Crippen LogP contribution in [0.25, 0.3) is 0 Å². The fraction of sp³-hybridized carbons (Fsp3) is 0.867. The van der Waals surface area contributed by atoms with E-state index in [4.69, 9.17) is 10.5 Å². The zero-order valence-corrected chi connectivity index (χ0v) is 12.4. The van der Waals surface area contributed by atoms with Crippen LogP contribution in [0.4, 0.5) is 0 Å². The van der Waals surface area contributed by atoms with Crippen LogP contribution in [-0.4, -0.2) is 54.6 Å². The highest BCUT2D eigenvalue weighted by Gasteiger charge is 2.35. The molecule has 0 aromatic heterocycles. The van der Waals surface area contributed by atoms with Crippen molar-refractivity contribution in [1.82, 2.24) is 10.2 Å². The molecule has 1 aliphatic carbocycles. The van der Waals surface area contributed by atoms with Crippen molar-refractivity contribution in [3.63, 3.8) is 0 Å². The third-order valence-corrected chi connectivity index (χ3v) is 4.75. The number of carbonyl (C=O) groups is 2. The Morgan fingerprint density at radius 2 is 1.81 bits per heavy atom. The third kappa shape index (κ3) is 3.55. The minimum absolute atomic E-state index is 0.0364. The SMILES string of the molecule is NCC1CCC(C(=O)N2CCC(NC(=O)C3CC3)CC2)O1. The Hall–Kier alpha value is -1.14. The van der Waals surface area contributed by atoms with Crippen LogP contribution in [0.15, 0.2) is 0 Å². The lowest BCUT2D eigenvalue weighted by molar-refractivity contribution is -0.143. The Labute approximate surface area is 125 Å². The topological polar surface area (TPSA) is 84.7 Å². The molecule has 1 saturated carbocycles. The average Bonchev–Trinajstić information content (AvgIpc) is 3.25. The molecule has 3 N–H and O–H groups in total. The van der Waals surface area contributed by atoms with Crippen molar-refractivity contribution in [2.24, 2.45) is 11.7 Å². The fourth-order valence-corrected chi connectivity index (χ4v) is 3.17. The van der Waals surface area contributed by atoms with Crippen molar-refractivity contribution in [2.75, 3.05) is 19.6 Å². The monoisotopic (exact) mass is 295 g/mol. The molecule has 2 atom stereocenters. The van der Waals surface area contributed by atoms with E-state index in [2.05, 4.69) is 5.32 Å². The van der Waals surface area contributed by atoms with Gasteiger partial charge in [-0.25, -0.2) is 0 Å². The number of nitrogens with one attached hydrogen (secondary N) is 1. The van der Waals surface area contributed by atoms with Crippen LogP contribution in [0.1, 0.15) is 38.5 Å². The Morgan fingerprint density at radius 3 is 2.38 bits per heavy atom. The minimum Gasteiger partial charge on any atom is -0.364 e. The van der Waals surface area contributed by atoms with E-state index in [1.165, 1.54) is 0 Å². The summed E-state index contributed by atoms with van der Waals surface area (Å²) < 4.78 is 5.67. The number of nitrogens with zero attached hydrogens (tertiary/aromatic N) is 1. The van der Waals surface area contributed by atoms with Crippen LogP contribution >= 0.6 is 0 Å². The summed E-state index contributed by atoms with van der Waals surface area (Å²) in [5, 5.41) is 3.10. The first kappa shape index (κ1) is 14.8. The van der Waals surface area contributed by atoms with Gasteiger partial charge in [-0.2, -0.15) is 0 Å². The number of piperidine rings is 1. The molecule has 2 aliphatic heterocycles. The van der Waals surface area contributed by atoms with E-state index in [1.807, 2.05) is 4.90 Å². The molecule has 2 unspecified atom stereocenters. The van der Waals surface area contributed by atoms with Crippen molar-refractivity contribution >= 4 is 11.8 Å². The van der Waals surface area contributed by atoms with Crippen LogP contribution in [-0.2, 0) is 14.3 Å². The molecule has 6 heteroatoms. The second-order valence-corrected chi connectivity index (χ2v) is 6.44. The zero-order chi connectivity index (χ0) is 14.8. The van der Waals surface area contributed by atoms with Gasteiger partial charge in [-0.3, -0.25) is 9.59 Å². The van der Waals surface area contributed by atoms with Gasteiger partial charge in [-0.15, -0.1) is 0 Å². The largest absolute Gasteiger partial charge is 0.364 e. The van der Waals surface area contributed by atoms with Gasteiger partial charge in [-0.05, 0) is 38.5 Å². The third-order valence-electron chi connectivity index (χ3n) is 4.75. The number of hydrogen-bond acceptors (Lipinski definition) is 4. The summed E-state index contributed by atoms with van der Waals surface area (Å²) in [7, 11) is 0. The number of carbonyl (C=O) groups excluding carboxylic acids is 2. The van der Waals surface area contributed by atoms with Gasteiger partial charge in [0, 0.05) is 31.6 Å². The normalized spacial score (nSPS) is 30.4. The van der Waals surface area contributed by atoms with E-state index in [9.17, 15) is 9.59 Å². The summed E-state index contributed by atoms with van der Waals surface area (Å²) in [4.78, 5) is 26.0. The van der Waals surface area contributed by atoms with Crippen molar-refractivity contribution in [3.05, 3.63) is 0 Å². The van der Waals surface area contributed by atoms with E-state index in [0.29, 0.717) is 19.6 Å². The van der Waals surface area contributed by atoms with E-state index in [0.717, 1.165) is 38.5 Å². The van der Waals surface area contributed by atoms with E-state index < -0.39 is 0 Å². The van der Waals surface area contributed by atoms with E-state index in [1.54, 1.807) is 0 Å². The lowest BCUT2D eigenvalue weighted by atomic mass is 10.0. The predicted octanol–water partition coefficient (Wildman–Crippen LogP) is 0.00990.